The average Bonchev–Trinajstić information content (AvgIpc) is 2.87. The van der Waals surface area contributed by atoms with E-state index in [1.54, 1.807) is 0 Å². The van der Waals surface area contributed by atoms with Gasteiger partial charge in [-0.15, -0.1) is 0 Å². The third-order valence-electron chi connectivity index (χ3n) is 3.42. The topological polar surface area (TPSA) is 21.3 Å². The van der Waals surface area contributed by atoms with E-state index in [1.807, 2.05) is 0 Å². The van der Waals surface area contributed by atoms with Crippen molar-refractivity contribution in [2.24, 2.45) is 0 Å². The summed E-state index contributed by atoms with van der Waals surface area (Å²) in [6.45, 7) is 0.849. The van der Waals surface area contributed by atoms with Crippen molar-refractivity contribution >= 4 is 5.69 Å². The molecule has 0 atom stereocenters. The fourth-order valence-electron chi connectivity index (χ4n) is 2.58. The smallest absolute Gasteiger partial charge is 0.122 e. The lowest BCUT2D eigenvalue weighted by Gasteiger charge is -2.14. The zero-order valence-corrected chi connectivity index (χ0v) is 8.96. The minimum atomic E-state index is 0.699. The van der Waals surface area contributed by atoms with Crippen molar-refractivity contribution in [1.82, 2.24) is 0 Å². The first-order valence-electron chi connectivity index (χ1n) is 5.94. The highest BCUT2D eigenvalue weighted by Crippen LogP contribution is 2.29. The Morgan fingerprint density at radius 3 is 2.93 bits per heavy atom. The van der Waals surface area contributed by atoms with Crippen LogP contribution in [0.1, 0.15) is 31.2 Å². The summed E-state index contributed by atoms with van der Waals surface area (Å²) in [4.78, 5) is 0. The Bertz CT molecular complexity index is 356. The number of nitrogens with one attached hydrogen (secondary N) is 1. The van der Waals surface area contributed by atoms with Crippen LogP contribution in [-0.4, -0.2) is 12.6 Å². The summed E-state index contributed by atoms with van der Waals surface area (Å²) in [7, 11) is 0. The van der Waals surface area contributed by atoms with E-state index in [2.05, 4.69) is 23.5 Å². The fraction of sp³-hybridized carbons (Fsp3) is 0.538. The summed E-state index contributed by atoms with van der Waals surface area (Å²) in [6, 6.07) is 7.19. The van der Waals surface area contributed by atoms with E-state index in [0.29, 0.717) is 6.04 Å². The second kappa shape index (κ2) is 3.76. The lowest BCUT2D eigenvalue weighted by molar-refractivity contribution is 0.357. The van der Waals surface area contributed by atoms with Crippen LogP contribution < -0.4 is 10.1 Å². The van der Waals surface area contributed by atoms with Gasteiger partial charge in [0.15, 0.2) is 0 Å². The molecule has 1 aliphatic heterocycles. The number of fused-ring (bicyclic) bond motifs is 1. The molecule has 0 bridgehead atoms. The van der Waals surface area contributed by atoms with E-state index in [9.17, 15) is 0 Å². The van der Waals surface area contributed by atoms with Crippen LogP contribution in [0.2, 0.25) is 0 Å². The van der Waals surface area contributed by atoms with Gasteiger partial charge >= 0.3 is 0 Å². The third-order valence-corrected chi connectivity index (χ3v) is 3.42. The average molecular weight is 203 g/mol. The third kappa shape index (κ3) is 1.81. The number of benzene rings is 1. The molecule has 3 rings (SSSR count). The van der Waals surface area contributed by atoms with Gasteiger partial charge in [-0.1, -0.05) is 12.8 Å². The molecule has 1 N–H and O–H groups in total. The Kier molecular flexibility index (Phi) is 2.28. The molecule has 0 aromatic heterocycles. The minimum Gasteiger partial charge on any atom is -0.493 e. The molecule has 2 aliphatic rings. The lowest BCUT2D eigenvalue weighted by atomic mass is 10.1. The minimum absolute atomic E-state index is 0.699. The second-order valence-electron chi connectivity index (χ2n) is 4.55. The molecule has 1 saturated carbocycles. The molecule has 2 heteroatoms. The van der Waals surface area contributed by atoms with E-state index < -0.39 is 0 Å². The number of anilines is 1. The van der Waals surface area contributed by atoms with E-state index in [4.69, 9.17) is 4.74 Å². The molecular formula is C13H17NO. The molecule has 1 aromatic rings. The highest BCUT2D eigenvalue weighted by molar-refractivity contribution is 5.53. The van der Waals surface area contributed by atoms with Gasteiger partial charge in [0.1, 0.15) is 5.75 Å². The zero-order valence-electron chi connectivity index (χ0n) is 8.96. The summed E-state index contributed by atoms with van der Waals surface area (Å²) in [5.41, 5.74) is 2.63. The maximum absolute atomic E-state index is 5.50. The summed E-state index contributed by atoms with van der Waals surface area (Å²) < 4.78 is 5.50. The number of hydrogen-bond acceptors (Lipinski definition) is 2. The standard InChI is InChI=1S/C13H17NO/c1-2-4-11(3-1)14-12-5-6-13-10(9-12)7-8-15-13/h5-6,9,11,14H,1-4,7-8H2. The molecule has 0 radical (unpaired) electrons. The van der Waals surface area contributed by atoms with Crippen LogP contribution in [0.4, 0.5) is 5.69 Å². The van der Waals surface area contributed by atoms with Gasteiger partial charge in [-0.2, -0.15) is 0 Å². The van der Waals surface area contributed by atoms with Gasteiger partial charge in [0, 0.05) is 18.2 Å². The van der Waals surface area contributed by atoms with Gasteiger partial charge in [-0.25, -0.2) is 0 Å². The molecule has 1 heterocycles. The van der Waals surface area contributed by atoms with Crippen molar-refractivity contribution in [2.75, 3.05) is 11.9 Å². The van der Waals surface area contributed by atoms with E-state index >= 15 is 0 Å². The zero-order chi connectivity index (χ0) is 10.1. The largest absolute Gasteiger partial charge is 0.493 e. The molecule has 80 valence electrons. The van der Waals surface area contributed by atoms with Gasteiger partial charge in [0.2, 0.25) is 0 Å². The fourth-order valence-corrected chi connectivity index (χ4v) is 2.58. The molecule has 2 nitrogen and oxygen atoms in total. The van der Waals surface area contributed by atoms with Crippen molar-refractivity contribution in [3.63, 3.8) is 0 Å². The van der Waals surface area contributed by atoms with Crippen molar-refractivity contribution < 1.29 is 4.74 Å². The van der Waals surface area contributed by atoms with Crippen LogP contribution in [0.25, 0.3) is 0 Å². The lowest BCUT2D eigenvalue weighted by Crippen LogP contribution is -2.14. The maximum Gasteiger partial charge on any atom is 0.122 e. The van der Waals surface area contributed by atoms with Gasteiger partial charge < -0.3 is 10.1 Å². The van der Waals surface area contributed by atoms with Gasteiger partial charge in [-0.05, 0) is 36.6 Å². The van der Waals surface area contributed by atoms with Crippen molar-refractivity contribution in [3.8, 4) is 5.75 Å². The van der Waals surface area contributed by atoms with Crippen molar-refractivity contribution in [1.29, 1.82) is 0 Å². The summed E-state index contributed by atoms with van der Waals surface area (Å²) >= 11 is 0. The summed E-state index contributed by atoms with van der Waals surface area (Å²) in [6.07, 6.45) is 6.48. The van der Waals surface area contributed by atoms with Crippen molar-refractivity contribution in [3.05, 3.63) is 23.8 Å². The van der Waals surface area contributed by atoms with Crippen LogP contribution in [-0.2, 0) is 6.42 Å². The molecule has 1 aliphatic carbocycles. The Morgan fingerprint density at radius 2 is 2.07 bits per heavy atom. The molecule has 15 heavy (non-hydrogen) atoms. The van der Waals surface area contributed by atoms with Crippen LogP contribution in [0.15, 0.2) is 18.2 Å². The Morgan fingerprint density at radius 1 is 1.20 bits per heavy atom. The van der Waals surface area contributed by atoms with Crippen LogP contribution in [0, 0.1) is 0 Å². The molecule has 0 spiro atoms. The highest BCUT2D eigenvalue weighted by Gasteiger charge is 2.16. The SMILES string of the molecule is c1cc2c(cc1NC1CCCC1)CCO2. The molecular weight excluding hydrogens is 186 g/mol. The summed E-state index contributed by atoms with van der Waals surface area (Å²) in [5, 5.41) is 3.62. The monoisotopic (exact) mass is 203 g/mol. The van der Waals surface area contributed by atoms with Crippen LogP contribution in [0.3, 0.4) is 0 Å². The number of ether oxygens (including phenoxy) is 1. The van der Waals surface area contributed by atoms with Crippen LogP contribution >= 0.6 is 0 Å². The molecule has 0 unspecified atom stereocenters. The summed E-state index contributed by atoms with van der Waals surface area (Å²) in [5.74, 6) is 1.08. The predicted octanol–water partition coefficient (Wildman–Crippen LogP) is 2.98. The van der Waals surface area contributed by atoms with Crippen LogP contribution in [0.5, 0.6) is 5.75 Å². The Labute approximate surface area is 90.6 Å². The van der Waals surface area contributed by atoms with Crippen molar-refractivity contribution in [2.45, 2.75) is 38.1 Å². The normalized spacial score (nSPS) is 20.0. The first kappa shape index (κ1) is 9.08. The first-order chi connectivity index (χ1) is 7.42. The van der Waals surface area contributed by atoms with Gasteiger partial charge in [0.25, 0.3) is 0 Å². The first-order valence-corrected chi connectivity index (χ1v) is 5.94. The molecule has 1 aromatic carbocycles. The van der Waals surface area contributed by atoms with Gasteiger partial charge in [0.05, 0.1) is 6.61 Å². The molecule has 1 fully saturated rings. The number of hydrogen-bond donors (Lipinski definition) is 1. The van der Waals surface area contributed by atoms with E-state index in [-0.39, 0.29) is 0 Å². The highest BCUT2D eigenvalue weighted by atomic mass is 16.5. The Balaban J connectivity index is 1.75. The quantitative estimate of drug-likeness (QED) is 0.797. The predicted molar refractivity (Wildman–Crippen MR) is 61.5 cm³/mol. The second-order valence-corrected chi connectivity index (χ2v) is 4.55. The van der Waals surface area contributed by atoms with E-state index in [1.165, 1.54) is 36.9 Å². The maximum atomic E-state index is 5.50. The van der Waals surface area contributed by atoms with E-state index in [0.717, 1.165) is 18.8 Å². The van der Waals surface area contributed by atoms with Gasteiger partial charge in [-0.3, -0.25) is 0 Å². The molecule has 0 saturated heterocycles. The number of rotatable bonds is 2. The Hall–Kier alpha value is -1.18. The molecule has 0 amide bonds.